The second kappa shape index (κ2) is 16.5. The van der Waals surface area contributed by atoms with Crippen LogP contribution in [-0.4, -0.2) is 23.9 Å². The van der Waals surface area contributed by atoms with Crippen molar-refractivity contribution in [3.8, 4) is 11.3 Å². The molecule has 2 aromatic carbocycles. The second-order valence-corrected chi connectivity index (χ2v) is 18.5. The topological polar surface area (TPSA) is 50.2 Å². The summed E-state index contributed by atoms with van der Waals surface area (Å²) in [7, 11) is -1.92. The Labute approximate surface area is 294 Å². The maximum absolute atomic E-state index is 11.7. The molecule has 3 nitrogen and oxygen atoms in total. The molecule has 1 aromatic heterocycles. The van der Waals surface area contributed by atoms with Gasteiger partial charge in [0, 0.05) is 44.2 Å². The Hall–Kier alpha value is -2.59. The van der Waals surface area contributed by atoms with Gasteiger partial charge in [0.1, 0.15) is 8.07 Å². The molecule has 0 atom stereocenters. The number of aromatic nitrogens is 1. The molecule has 1 aliphatic heterocycles. The molecule has 4 rings (SSSR count). The van der Waals surface area contributed by atoms with Crippen LogP contribution < -0.4 is 5.19 Å². The molecule has 251 valence electrons. The van der Waals surface area contributed by atoms with E-state index < -0.39 is 8.07 Å². The van der Waals surface area contributed by atoms with Crippen LogP contribution in [0.5, 0.6) is 0 Å². The molecule has 0 saturated carbocycles. The monoisotopic (exact) mass is 815 g/mol. The summed E-state index contributed by atoms with van der Waals surface area (Å²) in [6, 6.07) is 19.5. The van der Waals surface area contributed by atoms with E-state index in [-0.39, 0.29) is 48.9 Å². The fourth-order valence-electron chi connectivity index (χ4n) is 6.86. The third-order valence-electron chi connectivity index (χ3n) is 9.50. The number of aliphatic hydroxyl groups excluding tert-OH is 1. The summed E-state index contributed by atoms with van der Waals surface area (Å²) in [5.74, 6) is 0.547. The molecule has 1 radical (unpaired) electrons. The standard InChI is InChI=1S/C28H32NSi.C13H24O2.Ir/c1-18-15-19(2)17-22(16-18)25-27-24(13-14-29-25)20(3)26(30(27,7)8)21-9-11-23(12-10-21)28(4,5)6;1-5-10(6-2)12(14)9-13(15)11(7-3)8-4;/h9-16H,1-8H3;9-11,14H,5-8H2,1-4H3;/q-1;;/b;12-9-;. The zero-order valence-corrected chi connectivity index (χ0v) is 33.7. The van der Waals surface area contributed by atoms with Gasteiger partial charge >= 0.3 is 0 Å². The van der Waals surface area contributed by atoms with Gasteiger partial charge < -0.3 is 10.1 Å². The smallest absolute Gasteiger partial charge is 0.162 e. The van der Waals surface area contributed by atoms with Crippen LogP contribution in [0.25, 0.3) is 22.0 Å². The summed E-state index contributed by atoms with van der Waals surface area (Å²) in [4.78, 5) is 16.6. The number of carbonyl (C=O) groups is 1. The first kappa shape index (κ1) is 39.6. The van der Waals surface area contributed by atoms with Gasteiger partial charge in [0.15, 0.2) is 5.78 Å². The average Bonchev–Trinajstić information content (AvgIpc) is 3.18. The molecule has 0 spiro atoms. The first-order valence-electron chi connectivity index (χ1n) is 16.9. The first-order chi connectivity index (χ1) is 21.1. The summed E-state index contributed by atoms with van der Waals surface area (Å²) >= 11 is 0. The third kappa shape index (κ3) is 8.85. The number of aryl methyl sites for hydroxylation is 2. The molecule has 1 aliphatic rings. The largest absolute Gasteiger partial charge is 0.512 e. The minimum absolute atomic E-state index is 0. The molecule has 2 heterocycles. The predicted octanol–water partition coefficient (Wildman–Crippen LogP) is 10.7. The quantitative estimate of drug-likeness (QED) is 0.101. The summed E-state index contributed by atoms with van der Waals surface area (Å²) < 4.78 is 0. The van der Waals surface area contributed by atoms with Crippen molar-refractivity contribution < 1.29 is 30.0 Å². The summed E-state index contributed by atoms with van der Waals surface area (Å²) in [5.41, 5.74) is 10.4. The summed E-state index contributed by atoms with van der Waals surface area (Å²) in [6.07, 6.45) is 6.88. The Balaban J connectivity index is 0.000000394. The minimum Gasteiger partial charge on any atom is -0.512 e. The van der Waals surface area contributed by atoms with E-state index in [4.69, 9.17) is 4.98 Å². The Morgan fingerprint density at radius 1 is 0.913 bits per heavy atom. The number of nitrogens with zero attached hydrogens (tertiary/aromatic N) is 1. The molecule has 1 N–H and O–H groups in total. The van der Waals surface area contributed by atoms with Crippen molar-refractivity contribution in [3.05, 3.63) is 94.4 Å². The molecule has 0 fully saturated rings. The fraction of sp³-hybridized carbons (Fsp3) is 0.463. The van der Waals surface area contributed by atoms with Crippen molar-refractivity contribution in [2.45, 2.75) is 113 Å². The fourth-order valence-corrected chi connectivity index (χ4v) is 10.8. The molecule has 3 aromatic rings. The van der Waals surface area contributed by atoms with Crippen LogP contribution in [0.1, 0.15) is 109 Å². The van der Waals surface area contributed by atoms with Gasteiger partial charge in [-0.3, -0.25) is 4.79 Å². The van der Waals surface area contributed by atoms with Crippen LogP contribution in [-0.2, 0) is 30.3 Å². The third-order valence-corrected chi connectivity index (χ3v) is 13.2. The van der Waals surface area contributed by atoms with E-state index >= 15 is 0 Å². The van der Waals surface area contributed by atoms with Gasteiger partial charge in [-0.15, -0.1) is 34.9 Å². The Morgan fingerprint density at radius 2 is 1.48 bits per heavy atom. The van der Waals surface area contributed by atoms with Crippen LogP contribution in [0.15, 0.2) is 60.5 Å². The maximum Gasteiger partial charge on any atom is 0.162 e. The first-order valence-corrected chi connectivity index (χ1v) is 19.9. The number of rotatable bonds is 9. The molecule has 0 bridgehead atoms. The number of pyridine rings is 1. The Kier molecular flexibility index (Phi) is 14.2. The molecule has 46 heavy (non-hydrogen) atoms. The average molecular weight is 815 g/mol. The van der Waals surface area contributed by atoms with E-state index in [1.165, 1.54) is 49.8 Å². The van der Waals surface area contributed by atoms with E-state index in [1.54, 1.807) is 0 Å². The van der Waals surface area contributed by atoms with Crippen molar-refractivity contribution in [1.82, 2.24) is 4.98 Å². The molecule has 0 unspecified atom stereocenters. The van der Waals surface area contributed by atoms with Gasteiger partial charge in [-0.1, -0.05) is 105 Å². The van der Waals surface area contributed by atoms with Crippen molar-refractivity contribution in [2.24, 2.45) is 11.8 Å². The number of hydrogen-bond donors (Lipinski definition) is 1. The molecule has 0 aliphatic carbocycles. The number of carbonyl (C=O) groups excluding carboxylic acids is 1. The van der Waals surface area contributed by atoms with Crippen molar-refractivity contribution in [1.29, 1.82) is 0 Å². The molecule has 0 saturated heterocycles. The van der Waals surface area contributed by atoms with E-state index in [0.717, 1.165) is 36.9 Å². The van der Waals surface area contributed by atoms with Gasteiger partial charge in [-0.2, -0.15) is 0 Å². The van der Waals surface area contributed by atoms with Crippen LogP contribution in [0.2, 0.25) is 13.1 Å². The van der Waals surface area contributed by atoms with E-state index in [2.05, 4.69) is 103 Å². The Morgan fingerprint density at radius 3 is 1.98 bits per heavy atom. The normalized spacial score (nSPS) is 14.2. The van der Waals surface area contributed by atoms with E-state index in [0.29, 0.717) is 0 Å². The molecule has 5 heteroatoms. The maximum atomic E-state index is 11.7. The number of benzene rings is 2. The van der Waals surface area contributed by atoms with Gasteiger partial charge in [0.2, 0.25) is 0 Å². The summed E-state index contributed by atoms with van der Waals surface area (Å²) in [5, 5.41) is 12.8. The number of aliphatic hydroxyl groups is 1. The number of ketones is 1. The predicted molar refractivity (Wildman–Crippen MR) is 197 cm³/mol. The minimum atomic E-state index is -1.92. The van der Waals surface area contributed by atoms with Crippen molar-refractivity contribution in [3.63, 3.8) is 0 Å². The number of fused-ring (bicyclic) bond motifs is 1. The second-order valence-electron chi connectivity index (χ2n) is 14.3. The van der Waals surface area contributed by atoms with Crippen molar-refractivity contribution in [2.75, 3.05) is 0 Å². The van der Waals surface area contributed by atoms with Crippen LogP contribution >= 0.6 is 0 Å². The van der Waals surface area contributed by atoms with E-state index in [9.17, 15) is 9.90 Å². The van der Waals surface area contributed by atoms with Gasteiger partial charge in [-0.25, -0.2) is 0 Å². The summed E-state index contributed by atoms with van der Waals surface area (Å²) in [6.45, 7) is 26.4. The molecular formula is C41H56IrNO2Si-. The zero-order valence-electron chi connectivity index (χ0n) is 30.3. The van der Waals surface area contributed by atoms with Gasteiger partial charge in [0.05, 0.1) is 5.76 Å². The molecule has 0 amide bonds. The SMILES string of the molecule is CC1=C(c2ccc(C(C)(C)C)cc2)[Si](C)(C)c2c1ccnc2-c1[c-]c(C)cc(C)c1.CCC(CC)C(=O)/C=C(\O)C(CC)CC.[Ir]. The van der Waals surface area contributed by atoms with Crippen LogP contribution in [0, 0.1) is 31.7 Å². The van der Waals surface area contributed by atoms with E-state index in [1.807, 2.05) is 33.9 Å². The van der Waals surface area contributed by atoms with Crippen LogP contribution in [0.4, 0.5) is 0 Å². The Bertz CT molecular complexity index is 1530. The molecular weight excluding hydrogens is 759 g/mol. The zero-order chi connectivity index (χ0) is 33.7. The van der Waals surface area contributed by atoms with Gasteiger partial charge in [0.25, 0.3) is 0 Å². The van der Waals surface area contributed by atoms with Crippen molar-refractivity contribution >= 4 is 29.8 Å². The van der Waals surface area contributed by atoms with Gasteiger partial charge in [-0.05, 0) is 77.2 Å². The van der Waals surface area contributed by atoms with Crippen LogP contribution in [0.3, 0.4) is 0 Å². The number of allylic oxidation sites excluding steroid dienone is 3. The number of hydrogen-bond acceptors (Lipinski definition) is 3.